The summed E-state index contributed by atoms with van der Waals surface area (Å²) < 4.78 is 11.3. The third-order valence-corrected chi connectivity index (χ3v) is 3.09. The van der Waals surface area contributed by atoms with E-state index in [1.165, 1.54) is 11.1 Å². The quantitative estimate of drug-likeness (QED) is 0.793. The molecule has 0 saturated heterocycles. The van der Waals surface area contributed by atoms with E-state index in [-0.39, 0.29) is 0 Å². The molecule has 2 rings (SSSR count). The minimum Gasteiger partial charge on any atom is -0.493 e. The van der Waals surface area contributed by atoms with Gasteiger partial charge in [-0.15, -0.1) is 0 Å². The Labute approximate surface area is 108 Å². The van der Waals surface area contributed by atoms with E-state index < -0.39 is 0 Å². The Morgan fingerprint density at radius 2 is 1.61 bits per heavy atom. The first kappa shape index (κ1) is 12.5. The van der Waals surface area contributed by atoms with Gasteiger partial charge in [0.1, 0.15) is 5.75 Å². The van der Waals surface area contributed by atoms with E-state index in [0.717, 1.165) is 22.8 Å². The average Bonchev–Trinajstić information content (AvgIpc) is 2.34. The van der Waals surface area contributed by atoms with Crippen molar-refractivity contribution in [3.05, 3.63) is 53.1 Å². The average molecular weight is 242 g/mol. The molecule has 0 radical (unpaired) electrons. The second kappa shape index (κ2) is 5.13. The van der Waals surface area contributed by atoms with Crippen molar-refractivity contribution >= 4 is 0 Å². The lowest BCUT2D eigenvalue weighted by Crippen LogP contribution is -1.93. The van der Waals surface area contributed by atoms with Gasteiger partial charge in [-0.25, -0.2) is 0 Å². The molecule has 2 aromatic rings. The van der Waals surface area contributed by atoms with Gasteiger partial charge in [0.05, 0.1) is 7.11 Å². The first-order chi connectivity index (χ1) is 8.61. The van der Waals surface area contributed by atoms with Gasteiger partial charge in [-0.3, -0.25) is 0 Å². The van der Waals surface area contributed by atoms with E-state index in [9.17, 15) is 0 Å². The predicted molar refractivity (Wildman–Crippen MR) is 73.7 cm³/mol. The molecule has 0 bridgehead atoms. The molecule has 0 unspecified atom stereocenters. The topological polar surface area (TPSA) is 18.5 Å². The SMILES string of the molecule is COc1c(C)cccc1Oc1ccc(C)c(C)c1. The third kappa shape index (κ3) is 2.48. The predicted octanol–water partition coefficient (Wildman–Crippen LogP) is 4.41. The molecule has 0 aliphatic heterocycles. The van der Waals surface area contributed by atoms with Gasteiger partial charge in [0.15, 0.2) is 11.5 Å². The van der Waals surface area contributed by atoms with Crippen molar-refractivity contribution in [2.75, 3.05) is 7.11 Å². The number of hydrogen-bond acceptors (Lipinski definition) is 2. The zero-order chi connectivity index (χ0) is 13.1. The molecule has 0 spiro atoms. The van der Waals surface area contributed by atoms with Gasteiger partial charge in [-0.05, 0) is 55.7 Å². The van der Waals surface area contributed by atoms with Crippen molar-refractivity contribution in [2.24, 2.45) is 0 Å². The van der Waals surface area contributed by atoms with Crippen LogP contribution in [-0.2, 0) is 0 Å². The molecule has 0 N–H and O–H groups in total. The lowest BCUT2D eigenvalue weighted by atomic mass is 10.1. The zero-order valence-electron chi connectivity index (χ0n) is 11.3. The number of benzene rings is 2. The van der Waals surface area contributed by atoms with Crippen molar-refractivity contribution in [3.8, 4) is 17.2 Å². The molecule has 0 atom stereocenters. The van der Waals surface area contributed by atoms with Crippen molar-refractivity contribution < 1.29 is 9.47 Å². The molecule has 0 amide bonds. The van der Waals surface area contributed by atoms with Crippen LogP contribution in [0.25, 0.3) is 0 Å². The van der Waals surface area contributed by atoms with Gasteiger partial charge >= 0.3 is 0 Å². The lowest BCUT2D eigenvalue weighted by Gasteiger charge is -2.13. The normalized spacial score (nSPS) is 10.2. The lowest BCUT2D eigenvalue weighted by molar-refractivity contribution is 0.376. The molecule has 0 saturated carbocycles. The highest BCUT2D eigenvalue weighted by Gasteiger charge is 2.08. The van der Waals surface area contributed by atoms with Gasteiger partial charge in [0.2, 0.25) is 0 Å². The van der Waals surface area contributed by atoms with E-state index >= 15 is 0 Å². The van der Waals surface area contributed by atoms with Crippen LogP contribution in [0.15, 0.2) is 36.4 Å². The smallest absolute Gasteiger partial charge is 0.169 e. The van der Waals surface area contributed by atoms with E-state index in [2.05, 4.69) is 19.9 Å². The maximum atomic E-state index is 5.89. The van der Waals surface area contributed by atoms with Gasteiger partial charge in [0, 0.05) is 0 Å². The summed E-state index contributed by atoms with van der Waals surface area (Å²) in [4.78, 5) is 0. The van der Waals surface area contributed by atoms with E-state index in [4.69, 9.17) is 9.47 Å². The van der Waals surface area contributed by atoms with E-state index in [1.807, 2.05) is 37.3 Å². The minimum absolute atomic E-state index is 0.751. The van der Waals surface area contributed by atoms with Gasteiger partial charge in [0.25, 0.3) is 0 Å². The standard InChI is InChI=1S/C16H18O2/c1-11-8-9-14(10-13(11)3)18-15-7-5-6-12(2)16(15)17-4/h5-10H,1-4H3. The van der Waals surface area contributed by atoms with Gasteiger partial charge in [-0.2, -0.15) is 0 Å². The van der Waals surface area contributed by atoms with Crippen LogP contribution < -0.4 is 9.47 Å². The molecule has 0 heterocycles. The third-order valence-electron chi connectivity index (χ3n) is 3.09. The van der Waals surface area contributed by atoms with E-state index in [1.54, 1.807) is 7.11 Å². The van der Waals surface area contributed by atoms with Crippen LogP contribution in [-0.4, -0.2) is 7.11 Å². The van der Waals surface area contributed by atoms with Crippen molar-refractivity contribution in [2.45, 2.75) is 20.8 Å². The van der Waals surface area contributed by atoms with Gasteiger partial charge in [-0.1, -0.05) is 18.2 Å². The first-order valence-electron chi connectivity index (χ1n) is 6.00. The Hall–Kier alpha value is -1.96. The largest absolute Gasteiger partial charge is 0.493 e. The fourth-order valence-corrected chi connectivity index (χ4v) is 1.87. The maximum Gasteiger partial charge on any atom is 0.169 e. The highest BCUT2D eigenvalue weighted by atomic mass is 16.5. The molecule has 0 aliphatic carbocycles. The summed E-state index contributed by atoms with van der Waals surface area (Å²) in [6.07, 6.45) is 0. The first-order valence-corrected chi connectivity index (χ1v) is 6.00. The summed E-state index contributed by atoms with van der Waals surface area (Å²) in [5.74, 6) is 2.37. The molecule has 2 aromatic carbocycles. The van der Waals surface area contributed by atoms with Crippen LogP contribution in [0.4, 0.5) is 0 Å². The second-order valence-electron chi connectivity index (χ2n) is 4.45. The highest BCUT2D eigenvalue weighted by molar-refractivity contribution is 5.48. The highest BCUT2D eigenvalue weighted by Crippen LogP contribution is 2.34. The monoisotopic (exact) mass is 242 g/mol. The Kier molecular flexibility index (Phi) is 3.56. The summed E-state index contributed by atoms with van der Waals surface area (Å²) in [5, 5.41) is 0. The van der Waals surface area contributed by atoms with Gasteiger partial charge < -0.3 is 9.47 Å². The number of ether oxygens (including phenoxy) is 2. The number of para-hydroxylation sites is 1. The number of methoxy groups -OCH3 is 1. The van der Waals surface area contributed by atoms with E-state index in [0.29, 0.717) is 0 Å². The number of hydrogen-bond donors (Lipinski definition) is 0. The summed E-state index contributed by atoms with van der Waals surface area (Å²) in [7, 11) is 1.66. The molecule has 94 valence electrons. The second-order valence-corrected chi connectivity index (χ2v) is 4.45. The van der Waals surface area contributed by atoms with Crippen LogP contribution in [0.2, 0.25) is 0 Å². The Morgan fingerprint density at radius 3 is 2.28 bits per heavy atom. The Bertz CT molecular complexity index is 559. The molecular formula is C16H18O2. The van der Waals surface area contributed by atoms with Crippen molar-refractivity contribution in [1.29, 1.82) is 0 Å². The molecule has 0 fully saturated rings. The van der Waals surface area contributed by atoms with Crippen molar-refractivity contribution in [3.63, 3.8) is 0 Å². The molecule has 2 nitrogen and oxygen atoms in total. The fourth-order valence-electron chi connectivity index (χ4n) is 1.87. The number of rotatable bonds is 3. The van der Waals surface area contributed by atoms with Crippen LogP contribution in [0.1, 0.15) is 16.7 Å². The van der Waals surface area contributed by atoms with Crippen LogP contribution in [0.5, 0.6) is 17.2 Å². The molecule has 0 aliphatic rings. The maximum absolute atomic E-state index is 5.89. The van der Waals surface area contributed by atoms with Crippen molar-refractivity contribution in [1.82, 2.24) is 0 Å². The Morgan fingerprint density at radius 1 is 0.833 bits per heavy atom. The van der Waals surface area contributed by atoms with Crippen LogP contribution in [0.3, 0.4) is 0 Å². The number of aryl methyl sites for hydroxylation is 3. The molecule has 2 heteroatoms. The summed E-state index contributed by atoms with van der Waals surface area (Å²) in [6.45, 7) is 6.17. The minimum atomic E-state index is 0.751. The fraction of sp³-hybridized carbons (Fsp3) is 0.250. The summed E-state index contributed by atoms with van der Waals surface area (Å²) in [6, 6.07) is 12.0. The Balaban J connectivity index is 2.34. The summed E-state index contributed by atoms with van der Waals surface area (Å²) >= 11 is 0. The molecular weight excluding hydrogens is 224 g/mol. The zero-order valence-corrected chi connectivity index (χ0v) is 11.3. The van der Waals surface area contributed by atoms with Crippen LogP contribution >= 0.6 is 0 Å². The summed E-state index contributed by atoms with van der Waals surface area (Å²) in [5.41, 5.74) is 3.55. The molecule has 0 aromatic heterocycles. The molecule has 18 heavy (non-hydrogen) atoms. The van der Waals surface area contributed by atoms with Crippen LogP contribution in [0, 0.1) is 20.8 Å².